The molecule has 1 fully saturated rings. The number of pyridine rings is 1. The minimum atomic E-state index is -0.0860. The van der Waals surface area contributed by atoms with Crippen molar-refractivity contribution in [3.8, 4) is 0 Å². The van der Waals surface area contributed by atoms with Crippen molar-refractivity contribution in [3.63, 3.8) is 0 Å². The fourth-order valence-electron chi connectivity index (χ4n) is 4.09. The first kappa shape index (κ1) is 22.8. The van der Waals surface area contributed by atoms with Crippen LogP contribution in [0.15, 0.2) is 90.0 Å². The van der Waals surface area contributed by atoms with E-state index in [4.69, 9.17) is 11.6 Å². The largest absolute Gasteiger partial charge is 0.380 e. The van der Waals surface area contributed by atoms with Crippen LogP contribution < -0.4 is 16.2 Å². The Morgan fingerprint density at radius 1 is 1.03 bits per heavy atom. The molecule has 1 aliphatic rings. The SMILES string of the molecule is O=C(Nc1cc(NCc2ccc(Cn3ccccc3=O)cc2)cnn1)[C@H]1C[C@H]1c1cccc(Cl)c1. The topological polar surface area (TPSA) is 88.9 Å². The van der Waals surface area contributed by atoms with Gasteiger partial charge in [0.15, 0.2) is 5.82 Å². The van der Waals surface area contributed by atoms with E-state index in [1.54, 1.807) is 35.2 Å². The molecule has 0 saturated heterocycles. The number of halogens is 1. The summed E-state index contributed by atoms with van der Waals surface area (Å²) in [5.74, 6) is 0.457. The van der Waals surface area contributed by atoms with E-state index in [0.717, 1.165) is 28.8 Å². The summed E-state index contributed by atoms with van der Waals surface area (Å²) in [5.41, 5.74) is 3.96. The smallest absolute Gasteiger partial charge is 0.250 e. The van der Waals surface area contributed by atoms with E-state index in [9.17, 15) is 9.59 Å². The normalized spacial score (nSPS) is 16.5. The number of carbonyl (C=O) groups is 1. The predicted octanol–water partition coefficient (Wildman–Crippen LogP) is 4.69. The number of hydrogen-bond acceptors (Lipinski definition) is 5. The first-order chi connectivity index (χ1) is 17.0. The summed E-state index contributed by atoms with van der Waals surface area (Å²) < 4.78 is 1.67. The number of carbonyl (C=O) groups excluding carboxylic acids is 1. The molecule has 2 atom stereocenters. The van der Waals surface area contributed by atoms with Crippen LogP contribution in [-0.2, 0) is 17.9 Å². The van der Waals surface area contributed by atoms with Crippen LogP contribution in [0.1, 0.15) is 29.0 Å². The molecule has 2 heterocycles. The molecule has 1 amide bonds. The van der Waals surface area contributed by atoms with Crippen molar-refractivity contribution in [2.45, 2.75) is 25.4 Å². The maximum absolute atomic E-state index is 12.7. The van der Waals surface area contributed by atoms with Crippen molar-refractivity contribution >= 4 is 29.0 Å². The molecule has 0 radical (unpaired) electrons. The van der Waals surface area contributed by atoms with Gasteiger partial charge in [-0.05, 0) is 47.2 Å². The van der Waals surface area contributed by atoms with Crippen molar-refractivity contribution in [2.24, 2.45) is 5.92 Å². The van der Waals surface area contributed by atoms with Gasteiger partial charge in [-0.2, -0.15) is 5.10 Å². The van der Waals surface area contributed by atoms with Gasteiger partial charge in [0.25, 0.3) is 5.56 Å². The van der Waals surface area contributed by atoms with Crippen LogP contribution in [0.4, 0.5) is 11.5 Å². The number of amides is 1. The van der Waals surface area contributed by atoms with Crippen molar-refractivity contribution in [2.75, 3.05) is 10.6 Å². The molecule has 0 bridgehead atoms. The first-order valence-corrected chi connectivity index (χ1v) is 11.8. The predicted molar refractivity (Wildman–Crippen MR) is 137 cm³/mol. The fourth-order valence-corrected chi connectivity index (χ4v) is 4.29. The molecular formula is C27H24ClN5O2. The zero-order valence-corrected chi connectivity index (χ0v) is 19.7. The Labute approximate surface area is 207 Å². The Bertz CT molecular complexity index is 1400. The minimum absolute atomic E-state index is 0.0204. The number of rotatable bonds is 8. The monoisotopic (exact) mass is 485 g/mol. The van der Waals surface area contributed by atoms with Gasteiger partial charge in [0.2, 0.25) is 5.91 Å². The third-order valence-corrected chi connectivity index (χ3v) is 6.32. The Balaban J connectivity index is 1.14. The van der Waals surface area contributed by atoms with Crippen LogP contribution >= 0.6 is 11.6 Å². The molecule has 7 nitrogen and oxygen atoms in total. The molecule has 5 rings (SSSR count). The van der Waals surface area contributed by atoms with E-state index in [0.29, 0.717) is 23.9 Å². The molecule has 0 spiro atoms. The quantitative estimate of drug-likeness (QED) is 0.378. The lowest BCUT2D eigenvalue weighted by molar-refractivity contribution is -0.117. The Morgan fingerprint density at radius 3 is 2.66 bits per heavy atom. The molecule has 176 valence electrons. The molecule has 2 aromatic heterocycles. The van der Waals surface area contributed by atoms with Crippen LogP contribution in [0.25, 0.3) is 0 Å². The van der Waals surface area contributed by atoms with Gasteiger partial charge in [0.1, 0.15) is 0 Å². The van der Waals surface area contributed by atoms with E-state index in [2.05, 4.69) is 20.8 Å². The lowest BCUT2D eigenvalue weighted by atomic mass is 10.1. The zero-order chi connectivity index (χ0) is 24.2. The zero-order valence-electron chi connectivity index (χ0n) is 18.9. The number of aromatic nitrogens is 3. The van der Waals surface area contributed by atoms with E-state index >= 15 is 0 Å². The van der Waals surface area contributed by atoms with Gasteiger partial charge in [-0.25, -0.2) is 0 Å². The van der Waals surface area contributed by atoms with Gasteiger partial charge in [0, 0.05) is 35.8 Å². The van der Waals surface area contributed by atoms with Gasteiger partial charge < -0.3 is 15.2 Å². The molecule has 1 saturated carbocycles. The first-order valence-electron chi connectivity index (χ1n) is 11.4. The van der Waals surface area contributed by atoms with Crippen LogP contribution in [0.5, 0.6) is 0 Å². The maximum Gasteiger partial charge on any atom is 0.250 e. The Hall–Kier alpha value is -3.97. The average Bonchev–Trinajstić information content (AvgIpc) is 3.67. The number of nitrogens with zero attached hydrogens (tertiary/aromatic N) is 3. The molecule has 4 aromatic rings. The van der Waals surface area contributed by atoms with Crippen LogP contribution in [0.3, 0.4) is 0 Å². The second-order valence-corrected chi connectivity index (χ2v) is 9.10. The Morgan fingerprint density at radius 2 is 1.86 bits per heavy atom. The number of hydrogen-bond donors (Lipinski definition) is 2. The molecule has 2 N–H and O–H groups in total. The maximum atomic E-state index is 12.7. The van der Waals surface area contributed by atoms with Crippen molar-refractivity contribution < 1.29 is 4.79 Å². The summed E-state index contributed by atoms with van der Waals surface area (Å²) >= 11 is 6.07. The molecule has 0 aliphatic heterocycles. The summed E-state index contributed by atoms with van der Waals surface area (Å²) in [6.07, 6.45) is 4.20. The summed E-state index contributed by atoms with van der Waals surface area (Å²) in [7, 11) is 0. The number of benzene rings is 2. The van der Waals surface area contributed by atoms with Crippen LogP contribution in [0, 0.1) is 5.92 Å². The molecule has 35 heavy (non-hydrogen) atoms. The van der Waals surface area contributed by atoms with Gasteiger partial charge in [-0.1, -0.05) is 54.1 Å². The van der Waals surface area contributed by atoms with Gasteiger partial charge in [-0.3, -0.25) is 9.59 Å². The van der Waals surface area contributed by atoms with Crippen molar-refractivity contribution in [1.29, 1.82) is 0 Å². The molecular weight excluding hydrogens is 462 g/mol. The summed E-state index contributed by atoms with van der Waals surface area (Å²) in [5, 5.41) is 14.9. The third-order valence-electron chi connectivity index (χ3n) is 6.08. The summed E-state index contributed by atoms with van der Waals surface area (Å²) in [4.78, 5) is 24.6. The second-order valence-electron chi connectivity index (χ2n) is 8.66. The van der Waals surface area contributed by atoms with E-state index in [1.165, 1.54) is 0 Å². The molecule has 0 unspecified atom stereocenters. The van der Waals surface area contributed by atoms with E-state index in [-0.39, 0.29) is 23.3 Å². The lowest BCUT2D eigenvalue weighted by Gasteiger charge is -2.10. The minimum Gasteiger partial charge on any atom is -0.380 e. The van der Waals surface area contributed by atoms with E-state index < -0.39 is 0 Å². The highest BCUT2D eigenvalue weighted by Gasteiger charge is 2.44. The average molecular weight is 486 g/mol. The second kappa shape index (κ2) is 10.1. The molecule has 2 aromatic carbocycles. The lowest BCUT2D eigenvalue weighted by Crippen LogP contribution is -2.18. The van der Waals surface area contributed by atoms with Gasteiger partial charge in [-0.15, -0.1) is 5.10 Å². The molecule has 1 aliphatic carbocycles. The highest BCUT2D eigenvalue weighted by atomic mass is 35.5. The highest BCUT2D eigenvalue weighted by molar-refractivity contribution is 6.30. The van der Waals surface area contributed by atoms with Crippen LogP contribution in [0.2, 0.25) is 5.02 Å². The highest BCUT2D eigenvalue weighted by Crippen LogP contribution is 2.48. The third kappa shape index (κ3) is 5.75. The summed E-state index contributed by atoms with van der Waals surface area (Å²) in [6, 6.07) is 22.6. The van der Waals surface area contributed by atoms with Crippen LogP contribution in [-0.4, -0.2) is 20.7 Å². The molecule has 8 heteroatoms. The Kier molecular flexibility index (Phi) is 6.59. The van der Waals surface area contributed by atoms with Crippen molar-refractivity contribution in [3.05, 3.63) is 117 Å². The fraction of sp³-hybridized carbons (Fsp3) is 0.185. The van der Waals surface area contributed by atoms with Gasteiger partial charge >= 0.3 is 0 Å². The van der Waals surface area contributed by atoms with Crippen molar-refractivity contribution in [1.82, 2.24) is 14.8 Å². The van der Waals surface area contributed by atoms with E-state index in [1.807, 2.05) is 54.6 Å². The number of nitrogens with one attached hydrogen (secondary N) is 2. The van der Waals surface area contributed by atoms with Gasteiger partial charge in [0.05, 0.1) is 18.4 Å². The standard InChI is InChI=1S/C27H24ClN5O2/c28-21-5-3-4-20(12-21)23-14-24(23)27(35)31-25-13-22(16-30-32-25)29-15-18-7-9-19(10-8-18)17-33-11-2-1-6-26(33)34/h1-13,16,23-24H,14-15,17H2,(H2,29,31,32,35)/t23-,24-/m0/s1. The summed E-state index contributed by atoms with van der Waals surface area (Å²) in [6.45, 7) is 1.12. The number of anilines is 2.